The van der Waals surface area contributed by atoms with Gasteiger partial charge in [-0.05, 0) is 49.1 Å². The molecule has 10 nitrogen and oxygen atoms in total. The number of fused-ring (bicyclic) bond motifs is 1. The third-order valence-corrected chi connectivity index (χ3v) is 7.51. The summed E-state index contributed by atoms with van der Waals surface area (Å²) in [4.78, 5) is 22.8. The molecule has 0 atom stereocenters. The molecule has 1 N–H and O–H groups in total. The summed E-state index contributed by atoms with van der Waals surface area (Å²) in [6.45, 7) is 2.34. The zero-order valence-electron chi connectivity index (χ0n) is 18.8. The molecular formula is C22H27N3O7S. The van der Waals surface area contributed by atoms with Gasteiger partial charge in [0, 0.05) is 36.8 Å². The minimum atomic E-state index is -3.53. The Morgan fingerprint density at radius 3 is 2.45 bits per heavy atom. The van der Waals surface area contributed by atoms with Crippen molar-refractivity contribution in [3.8, 4) is 11.5 Å². The van der Waals surface area contributed by atoms with E-state index in [4.69, 9.17) is 9.47 Å². The van der Waals surface area contributed by atoms with E-state index in [1.165, 1.54) is 29.6 Å². The van der Waals surface area contributed by atoms with Crippen molar-refractivity contribution in [1.29, 1.82) is 0 Å². The van der Waals surface area contributed by atoms with Crippen molar-refractivity contribution < 1.29 is 27.6 Å². The summed E-state index contributed by atoms with van der Waals surface area (Å²) >= 11 is 0. The van der Waals surface area contributed by atoms with Crippen LogP contribution in [0.1, 0.15) is 33.5 Å². The second-order valence-electron chi connectivity index (χ2n) is 7.74. The van der Waals surface area contributed by atoms with E-state index in [2.05, 4.69) is 5.32 Å². The topological polar surface area (TPSA) is 128 Å². The first-order valence-electron chi connectivity index (χ1n) is 10.4. The first kappa shape index (κ1) is 24.5. The first-order valence-corrected chi connectivity index (χ1v) is 12.0. The van der Waals surface area contributed by atoms with E-state index in [0.717, 1.165) is 11.1 Å². The molecule has 3 rings (SSSR count). The molecule has 1 aliphatic heterocycles. The number of amides is 1. The van der Waals surface area contributed by atoms with Gasteiger partial charge in [0.1, 0.15) is 0 Å². The molecule has 11 heteroatoms. The highest BCUT2D eigenvalue weighted by Crippen LogP contribution is 2.33. The molecule has 0 saturated carbocycles. The zero-order valence-corrected chi connectivity index (χ0v) is 19.6. The molecule has 2 aromatic rings. The fraction of sp³-hybridized carbons (Fsp3) is 0.409. The van der Waals surface area contributed by atoms with Gasteiger partial charge in [-0.3, -0.25) is 14.9 Å². The number of hydrogen-bond acceptors (Lipinski definition) is 7. The molecule has 0 aromatic heterocycles. The SMILES string of the molecule is COc1cc2c(cc1OC)CN(S(=O)(=O)CCCNC(=O)c1ccc(C)c([N+](=O)[O-])c1)CC2. The van der Waals surface area contributed by atoms with Crippen molar-refractivity contribution in [2.45, 2.75) is 26.3 Å². The summed E-state index contributed by atoms with van der Waals surface area (Å²) in [5.74, 6) is 0.560. The molecular weight excluding hydrogens is 450 g/mol. The monoisotopic (exact) mass is 477 g/mol. The third-order valence-electron chi connectivity index (χ3n) is 5.61. The van der Waals surface area contributed by atoms with E-state index in [9.17, 15) is 23.3 Å². The Hall–Kier alpha value is -3.18. The van der Waals surface area contributed by atoms with E-state index in [1.54, 1.807) is 20.1 Å². The highest BCUT2D eigenvalue weighted by molar-refractivity contribution is 7.89. The highest BCUT2D eigenvalue weighted by atomic mass is 32.2. The first-order chi connectivity index (χ1) is 15.7. The lowest BCUT2D eigenvalue weighted by molar-refractivity contribution is -0.385. The van der Waals surface area contributed by atoms with Gasteiger partial charge in [0.25, 0.3) is 11.6 Å². The number of carbonyl (C=O) groups excluding carboxylic acids is 1. The van der Waals surface area contributed by atoms with E-state index < -0.39 is 20.9 Å². The van der Waals surface area contributed by atoms with Crippen LogP contribution in [0.25, 0.3) is 0 Å². The molecule has 1 aliphatic rings. The maximum absolute atomic E-state index is 12.8. The van der Waals surface area contributed by atoms with Gasteiger partial charge in [0.2, 0.25) is 10.0 Å². The number of sulfonamides is 1. The van der Waals surface area contributed by atoms with E-state index >= 15 is 0 Å². The van der Waals surface area contributed by atoms with Crippen molar-refractivity contribution in [2.75, 3.05) is 33.1 Å². The molecule has 0 aliphatic carbocycles. The minimum Gasteiger partial charge on any atom is -0.493 e. The standard InChI is InChI=1S/C22H27N3O7S/c1-15-5-6-17(11-19(15)25(27)28)22(26)23-8-4-10-33(29,30)24-9-7-16-12-20(31-2)21(32-3)13-18(16)14-24/h5-6,11-13H,4,7-10,14H2,1-3H3,(H,23,26). The summed E-state index contributed by atoms with van der Waals surface area (Å²) in [5, 5.41) is 13.7. The summed E-state index contributed by atoms with van der Waals surface area (Å²) in [7, 11) is -0.436. The maximum Gasteiger partial charge on any atom is 0.273 e. The van der Waals surface area contributed by atoms with Crippen LogP contribution < -0.4 is 14.8 Å². The van der Waals surface area contributed by atoms with Crippen molar-refractivity contribution in [3.05, 3.63) is 62.7 Å². The van der Waals surface area contributed by atoms with Crippen molar-refractivity contribution in [3.63, 3.8) is 0 Å². The minimum absolute atomic E-state index is 0.121. The number of rotatable bonds is 9. The number of nitrogens with one attached hydrogen (secondary N) is 1. The Bertz CT molecular complexity index is 1160. The molecule has 0 spiro atoms. The van der Waals surface area contributed by atoms with Crippen LogP contribution in [0.2, 0.25) is 0 Å². The predicted molar refractivity (Wildman–Crippen MR) is 122 cm³/mol. The largest absolute Gasteiger partial charge is 0.493 e. The maximum atomic E-state index is 12.8. The molecule has 0 fully saturated rings. The van der Waals surface area contributed by atoms with Crippen LogP contribution in [0.15, 0.2) is 30.3 Å². The van der Waals surface area contributed by atoms with Crippen LogP contribution in [-0.4, -0.2) is 56.6 Å². The fourth-order valence-electron chi connectivity index (χ4n) is 3.73. The van der Waals surface area contributed by atoms with Gasteiger partial charge in [0.05, 0.1) is 24.9 Å². The van der Waals surface area contributed by atoms with Gasteiger partial charge in [-0.2, -0.15) is 4.31 Å². The van der Waals surface area contributed by atoms with Crippen LogP contribution in [0.5, 0.6) is 11.5 Å². The molecule has 0 saturated heterocycles. The number of nitrogens with zero attached hydrogens (tertiary/aromatic N) is 2. The number of benzene rings is 2. The fourth-order valence-corrected chi connectivity index (χ4v) is 5.20. The molecule has 0 bridgehead atoms. The number of hydrogen-bond donors (Lipinski definition) is 1. The molecule has 33 heavy (non-hydrogen) atoms. The van der Waals surface area contributed by atoms with E-state index in [0.29, 0.717) is 30.0 Å². The zero-order chi connectivity index (χ0) is 24.2. The van der Waals surface area contributed by atoms with Gasteiger partial charge >= 0.3 is 0 Å². The van der Waals surface area contributed by atoms with Crippen LogP contribution in [-0.2, 0) is 23.0 Å². The van der Waals surface area contributed by atoms with Crippen molar-refractivity contribution in [2.24, 2.45) is 0 Å². The molecule has 178 valence electrons. The van der Waals surface area contributed by atoms with Gasteiger partial charge < -0.3 is 14.8 Å². The molecule has 1 heterocycles. The van der Waals surface area contributed by atoms with Crippen LogP contribution in [0.4, 0.5) is 5.69 Å². The van der Waals surface area contributed by atoms with Gasteiger partial charge in [-0.1, -0.05) is 6.07 Å². The number of aryl methyl sites for hydroxylation is 1. The van der Waals surface area contributed by atoms with Crippen LogP contribution in [0, 0.1) is 17.0 Å². The number of ether oxygens (including phenoxy) is 2. The number of nitro groups is 1. The summed E-state index contributed by atoms with van der Waals surface area (Å²) in [6, 6.07) is 7.91. The normalized spacial score (nSPS) is 13.8. The van der Waals surface area contributed by atoms with Gasteiger partial charge in [-0.25, -0.2) is 8.42 Å². The molecule has 0 unspecified atom stereocenters. The Labute approximate surface area is 192 Å². The Morgan fingerprint density at radius 2 is 1.82 bits per heavy atom. The van der Waals surface area contributed by atoms with Crippen molar-refractivity contribution in [1.82, 2.24) is 9.62 Å². The van der Waals surface area contributed by atoms with Crippen LogP contribution >= 0.6 is 0 Å². The Morgan fingerprint density at radius 1 is 1.15 bits per heavy atom. The van der Waals surface area contributed by atoms with Crippen LogP contribution in [0.3, 0.4) is 0 Å². The van der Waals surface area contributed by atoms with E-state index in [1.807, 2.05) is 6.07 Å². The number of carbonyl (C=O) groups is 1. The average Bonchev–Trinajstić information content (AvgIpc) is 2.80. The summed E-state index contributed by atoms with van der Waals surface area (Å²) in [5.41, 5.74) is 2.38. The van der Waals surface area contributed by atoms with Gasteiger partial charge in [0.15, 0.2) is 11.5 Å². The highest BCUT2D eigenvalue weighted by Gasteiger charge is 2.27. The average molecular weight is 478 g/mol. The second kappa shape index (κ2) is 10.2. The lowest BCUT2D eigenvalue weighted by Crippen LogP contribution is -2.38. The Balaban J connectivity index is 1.56. The van der Waals surface area contributed by atoms with E-state index in [-0.39, 0.29) is 36.5 Å². The lowest BCUT2D eigenvalue weighted by Gasteiger charge is -2.29. The van der Waals surface area contributed by atoms with Gasteiger partial charge in [-0.15, -0.1) is 0 Å². The number of methoxy groups -OCH3 is 2. The molecule has 2 aromatic carbocycles. The smallest absolute Gasteiger partial charge is 0.273 e. The summed E-state index contributed by atoms with van der Waals surface area (Å²) < 4.78 is 37.7. The quantitative estimate of drug-likeness (QED) is 0.334. The third kappa shape index (κ3) is 5.60. The molecule has 0 radical (unpaired) electrons. The predicted octanol–water partition coefficient (Wildman–Crippen LogP) is 2.43. The number of nitro benzene ring substituents is 1. The molecule has 1 amide bonds. The lowest BCUT2D eigenvalue weighted by atomic mass is 10.0. The second-order valence-corrected chi connectivity index (χ2v) is 9.83. The summed E-state index contributed by atoms with van der Waals surface area (Å²) in [6.07, 6.45) is 0.787. The van der Waals surface area contributed by atoms with Crippen molar-refractivity contribution >= 4 is 21.6 Å². The Kier molecular flexibility index (Phi) is 7.54.